The summed E-state index contributed by atoms with van der Waals surface area (Å²) in [5.74, 6) is 0.0448. The van der Waals surface area contributed by atoms with Gasteiger partial charge in [-0.1, -0.05) is 30.3 Å². The summed E-state index contributed by atoms with van der Waals surface area (Å²) < 4.78 is 18.5. The number of hydrogen-bond donors (Lipinski definition) is 0. The predicted octanol–water partition coefficient (Wildman–Crippen LogP) is 3.55. The minimum Gasteiger partial charge on any atom is -0.461 e. The number of ketones is 1. The van der Waals surface area contributed by atoms with Crippen LogP contribution in [-0.2, 0) is 14.3 Å². The fourth-order valence-corrected chi connectivity index (χ4v) is 4.66. The van der Waals surface area contributed by atoms with Crippen LogP contribution >= 0.6 is 0 Å². The van der Waals surface area contributed by atoms with Gasteiger partial charge in [-0.3, -0.25) is 9.59 Å². The molecular formula is C21H18O5. The Bertz CT molecular complexity index is 935. The Morgan fingerprint density at radius 1 is 1.15 bits per heavy atom. The van der Waals surface area contributed by atoms with Crippen LogP contribution in [0.25, 0.3) is 10.8 Å². The number of esters is 1. The number of carbonyl (C=O) groups is 2. The highest BCUT2D eigenvalue weighted by Crippen LogP contribution is 2.59. The number of fused-ring (bicyclic) bond motifs is 1. The maximum atomic E-state index is 12.2. The summed E-state index contributed by atoms with van der Waals surface area (Å²) in [5.41, 5.74) is -0.814. The summed E-state index contributed by atoms with van der Waals surface area (Å²) in [7, 11) is 0. The van der Waals surface area contributed by atoms with E-state index in [0.29, 0.717) is 12.8 Å². The van der Waals surface area contributed by atoms with Crippen LogP contribution in [-0.4, -0.2) is 23.6 Å². The summed E-state index contributed by atoms with van der Waals surface area (Å²) in [6.07, 6.45) is 4.25. The van der Waals surface area contributed by atoms with Gasteiger partial charge >= 0.3 is 5.97 Å². The lowest BCUT2D eigenvalue weighted by molar-refractivity contribution is -0.196. The first-order chi connectivity index (χ1) is 12.5. The summed E-state index contributed by atoms with van der Waals surface area (Å²) in [5, 5.41) is 1.97. The van der Waals surface area contributed by atoms with Crippen molar-refractivity contribution in [1.29, 1.82) is 0 Å². The number of ether oxygens (including phenoxy) is 3. The minimum atomic E-state index is -1.06. The third kappa shape index (κ3) is 1.91. The SMILES string of the molecule is CC(=O)O[C@@H]1CCC2(Oc3cccc4cccc(c34)O2)[C@@]12C=CC(=O)C2. The molecule has 0 N–H and O–H groups in total. The zero-order chi connectivity index (χ0) is 17.9. The molecule has 2 atom stereocenters. The molecule has 0 bridgehead atoms. The summed E-state index contributed by atoms with van der Waals surface area (Å²) in [6, 6.07) is 11.8. The molecule has 0 radical (unpaired) electrons. The number of carbonyl (C=O) groups excluding carboxylic acids is 2. The van der Waals surface area contributed by atoms with Gasteiger partial charge in [-0.25, -0.2) is 0 Å². The molecule has 2 aromatic carbocycles. The van der Waals surface area contributed by atoms with Gasteiger partial charge in [0, 0.05) is 19.8 Å². The van der Waals surface area contributed by atoms with Crippen LogP contribution < -0.4 is 9.47 Å². The van der Waals surface area contributed by atoms with Crippen molar-refractivity contribution in [3.8, 4) is 11.5 Å². The van der Waals surface area contributed by atoms with Gasteiger partial charge in [0.15, 0.2) is 5.78 Å². The molecule has 5 nitrogen and oxygen atoms in total. The van der Waals surface area contributed by atoms with E-state index in [1.165, 1.54) is 6.92 Å². The molecule has 2 spiro atoms. The van der Waals surface area contributed by atoms with E-state index in [0.717, 1.165) is 22.3 Å². The third-order valence-corrected chi connectivity index (χ3v) is 5.74. The zero-order valence-corrected chi connectivity index (χ0v) is 14.4. The van der Waals surface area contributed by atoms with Crippen molar-refractivity contribution in [3.63, 3.8) is 0 Å². The number of benzene rings is 2. The van der Waals surface area contributed by atoms with Gasteiger partial charge < -0.3 is 14.2 Å². The molecule has 2 aliphatic carbocycles. The maximum Gasteiger partial charge on any atom is 0.302 e. The van der Waals surface area contributed by atoms with Gasteiger partial charge in [0.2, 0.25) is 0 Å². The molecule has 5 heteroatoms. The molecule has 132 valence electrons. The van der Waals surface area contributed by atoms with Gasteiger partial charge in [0.05, 0.1) is 5.39 Å². The third-order valence-electron chi connectivity index (χ3n) is 5.74. The first-order valence-electron chi connectivity index (χ1n) is 8.82. The van der Waals surface area contributed by atoms with Crippen LogP contribution in [0.15, 0.2) is 48.6 Å². The Balaban J connectivity index is 1.66. The van der Waals surface area contributed by atoms with Gasteiger partial charge in [0.25, 0.3) is 5.79 Å². The lowest BCUT2D eigenvalue weighted by atomic mass is 9.78. The van der Waals surface area contributed by atoms with Crippen LogP contribution in [0.4, 0.5) is 0 Å². The van der Waals surface area contributed by atoms with Gasteiger partial charge in [-0.2, -0.15) is 0 Å². The van der Waals surface area contributed by atoms with Crippen molar-refractivity contribution in [2.75, 3.05) is 0 Å². The largest absolute Gasteiger partial charge is 0.461 e. The fraction of sp³-hybridized carbons (Fsp3) is 0.333. The molecule has 1 heterocycles. The summed E-state index contributed by atoms with van der Waals surface area (Å²) in [4.78, 5) is 23.8. The van der Waals surface area contributed by atoms with E-state index >= 15 is 0 Å². The molecule has 0 aromatic heterocycles. The lowest BCUT2D eigenvalue weighted by Gasteiger charge is -2.45. The summed E-state index contributed by atoms with van der Waals surface area (Å²) >= 11 is 0. The topological polar surface area (TPSA) is 61.8 Å². The highest BCUT2D eigenvalue weighted by molar-refractivity contribution is 5.95. The van der Waals surface area contributed by atoms with Crippen molar-refractivity contribution >= 4 is 22.5 Å². The number of hydrogen-bond acceptors (Lipinski definition) is 5. The van der Waals surface area contributed by atoms with Crippen LogP contribution in [0.3, 0.4) is 0 Å². The molecule has 1 fully saturated rings. The van der Waals surface area contributed by atoms with Crippen molar-refractivity contribution in [2.24, 2.45) is 5.41 Å². The molecule has 1 aliphatic heterocycles. The Labute approximate surface area is 150 Å². The maximum absolute atomic E-state index is 12.2. The second-order valence-electron chi connectivity index (χ2n) is 7.22. The second-order valence-corrected chi connectivity index (χ2v) is 7.22. The molecule has 0 amide bonds. The zero-order valence-electron chi connectivity index (χ0n) is 14.4. The highest BCUT2D eigenvalue weighted by atomic mass is 16.7. The molecule has 0 unspecified atom stereocenters. The van der Waals surface area contributed by atoms with E-state index < -0.39 is 17.3 Å². The Kier molecular flexibility index (Phi) is 3.03. The smallest absolute Gasteiger partial charge is 0.302 e. The molecule has 5 rings (SSSR count). The van der Waals surface area contributed by atoms with Crippen LogP contribution in [0.2, 0.25) is 0 Å². The van der Waals surface area contributed by atoms with E-state index in [1.54, 1.807) is 6.08 Å². The van der Waals surface area contributed by atoms with Gasteiger partial charge in [0.1, 0.15) is 23.0 Å². The van der Waals surface area contributed by atoms with Crippen LogP contribution in [0.5, 0.6) is 11.5 Å². The van der Waals surface area contributed by atoms with E-state index in [1.807, 2.05) is 42.5 Å². The van der Waals surface area contributed by atoms with E-state index in [4.69, 9.17) is 14.2 Å². The molecular weight excluding hydrogens is 332 g/mol. The van der Waals surface area contributed by atoms with E-state index in [9.17, 15) is 9.59 Å². The van der Waals surface area contributed by atoms with Crippen molar-refractivity contribution in [2.45, 2.75) is 38.1 Å². The average Bonchev–Trinajstić information content (AvgIpc) is 3.12. The van der Waals surface area contributed by atoms with Gasteiger partial charge in [-0.15, -0.1) is 0 Å². The quantitative estimate of drug-likeness (QED) is 0.736. The fourth-order valence-electron chi connectivity index (χ4n) is 4.66. The van der Waals surface area contributed by atoms with Gasteiger partial charge in [-0.05, 0) is 30.0 Å². The Hall–Kier alpha value is -2.82. The molecule has 3 aliphatic rings. The highest BCUT2D eigenvalue weighted by Gasteiger charge is 2.67. The Morgan fingerprint density at radius 3 is 2.42 bits per heavy atom. The first-order valence-corrected chi connectivity index (χ1v) is 8.82. The summed E-state index contributed by atoms with van der Waals surface area (Å²) in [6.45, 7) is 1.39. The predicted molar refractivity (Wildman–Crippen MR) is 93.9 cm³/mol. The van der Waals surface area contributed by atoms with Crippen molar-refractivity contribution < 1.29 is 23.8 Å². The standard InChI is InChI=1S/C21H18O5/c1-13(22)24-18-9-11-21(20(18)10-8-15(23)12-20)25-16-6-2-4-14-5-3-7-17(26-21)19(14)16/h2-8,10,18H,9,11-12H2,1H3/t18-,20-/m1/s1. The monoisotopic (exact) mass is 350 g/mol. The molecule has 2 aromatic rings. The minimum absolute atomic E-state index is 0.00676. The molecule has 0 saturated heterocycles. The first kappa shape index (κ1) is 15.4. The van der Waals surface area contributed by atoms with Crippen molar-refractivity contribution in [1.82, 2.24) is 0 Å². The lowest BCUT2D eigenvalue weighted by Crippen LogP contribution is -2.57. The van der Waals surface area contributed by atoms with Crippen LogP contribution in [0, 0.1) is 5.41 Å². The van der Waals surface area contributed by atoms with Crippen molar-refractivity contribution in [3.05, 3.63) is 48.6 Å². The Morgan fingerprint density at radius 2 is 1.85 bits per heavy atom. The van der Waals surface area contributed by atoms with E-state index in [-0.39, 0.29) is 18.2 Å². The second kappa shape index (κ2) is 5.10. The number of allylic oxidation sites excluding steroid dienone is 1. The molecule has 26 heavy (non-hydrogen) atoms. The average molecular weight is 350 g/mol. The van der Waals surface area contributed by atoms with Crippen LogP contribution in [0.1, 0.15) is 26.2 Å². The number of rotatable bonds is 1. The molecule has 1 saturated carbocycles. The normalized spacial score (nSPS) is 27.7. The van der Waals surface area contributed by atoms with E-state index in [2.05, 4.69) is 0 Å².